The summed E-state index contributed by atoms with van der Waals surface area (Å²) in [5.41, 5.74) is 0. The lowest BCUT2D eigenvalue weighted by Gasteiger charge is -2.36. The molecule has 0 aliphatic carbocycles. The molecule has 6 atom stereocenters. The van der Waals surface area contributed by atoms with Gasteiger partial charge in [0.1, 0.15) is 30.2 Å². The first kappa shape index (κ1) is 22.8. The van der Waals surface area contributed by atoms with Crippen LogP contribution in [-0.2, 0) is 18.9 Å². The number of nitrogens with zero attached hydrogens (tertiary/aromatic N) is 3. The number of hydrogen-bond acceptors (Lipinski definition) is 10. The Balaban J connectivity index is 1.26. The van der Waals surface area contributed by atoms with Gasteiger partial charge in [0.25, 0.3) is 0 Å². The highest BCUT2D eigenvalue weighted by Gasteiger charge is 2.57. The Bertz CT molecular complexity index is 701. The molecular formula is C21H33N3O7. The molecule has 0 bridgehead atoms. The van der Waals surface area contributed by atoms with E-state index in [9.17, 15) is 15.3 Å². The summed E-state index contributed by atoms with van der Waals surface area (Å²) >= 11 is 0. The van der Waals surface area contributed by atoms with Crippen molar-refractivity contribution in [3.8, 4) is 0 Å². The third kappa shape index (κ3) is 5.35. The summed E-state index contributed by atoms with van der Waals surface area (Å²) in [4.78, 5) is 8.82. The monoisotopic (exact) mass is 439 g/mol. The SMILES string of the molecule is CC1(C)O[C@H]2O[C@H]([C@H](O)CO)[C@@H](OC[C@@H](O)CN3CCN(c4ccccn4)CC3)[C@H]2O1. The highest BCUT2D eigenvalue weighted by molar-refractivity contribution is 5.38. The van der Waals surface area contributed by atoms with E-state index in [-0.39, 0.29) is 6.61 Å². The van der Waals surface area contributed by atoms with E-state index in [0.29, 0.717) is 6.54 Å². The number of rotatable bonds is 8. The van der Waals surface area contributed by atoms with Crippen molar-refractivity contribution in [1.29, 1.82) is 0 Å². The average molecular weight is 440 g/mol. The largest absolute Gasteiger partial charge is 0.394 e. The van der Waals surface area contributed by atoms with Crippen LogP contribution in [0.25, 0.3) is 0 Å². The quantitative estimate of drug-likeness (QED) is 0.474. The van der Waals surface area contributed by atoms with Crippen molar-refractivity contribution < 1.29 is 34.3 Å². The highest BCUT2D eigenvalue weighted by atomic mass is 16.8. The van der Waals surface area contributed by atoms with Crippen LogP contribution in [0, 0.1) is 0 Å². The normalized spacial score (nSPS) is 32.7. The first-order valence-electron chi connectivity index (χ1n) is 10.8. The Labute approximate surface area is 182 Å². The molecule has 10 heteroatoms. The number of aromatic nitrogens is 1. The summed E-state index contributed by atoms with van der Waals surface area (Å²) in [6.07, 6.45) is -2.68. The Kier molecular flexibility index (Phi) is 7.09. The molecule has 4 rings (SSSR count). The molecule has 0 unspecified atom stereocenters. The van der Waals surface area contributed by atoms with Gasteiger partial charge in [0.15, 0.2) is 12.1 Å². The van der Waals surface area contributed by atoms with Crippen molar-refractivity contribution >= 4 is 5.82 Å². The number of pyridine rings is 1. The fourth-order valence-corrected chi connectivity index (χ4v) is 4.38. The third-order valence-corrected chi connectivity index (χ3v) is 5.89. The van der Waals surface area contributed by atoms with Crippen molar-refractivity contribution in [1.82, 2.24) is 9.88 Å². The van der Waals surface area contributed by atoms with Gasteiger partial charge in [0.05, 0.1) is 19.3 Å². The molecule has 31 heavy (non-hydrogen) atoms. The minimum absolute atomic E-state index is 0.0656. The van der Waals surface area contributed by atoms with Gasteiger partial charge in [-0.15, -0.1) is 0 Å². The fraction of sp³-hybridized carbons (Fsp3) is 0.762. The lowest BCUT2D eigenvalue weighted by Crippen LogP contribution is -2.50. The summed E-state index contributed by atoms with van der Waals surface area (Å²) in [6, 6.07) is 5.89. The van der Waals surface area contributed by atoms with E-state index in [1.165, 1.54) is 0 Å². The molecule has 3 saturated heterocycles. The summed E-state index contributed by atoms with van der Waals surface area (Å²) in [6.45, 7) is 6.97. The molecule has 174 valence electrons. The molecular weight excluding hydrogens is 406 g/mol. The molecule has 10 nitrogen and oxygen atoms in total. The van der Waals surface area contributed by atoms with E-state index in [1.807, 2.05) is 18.2 Å². The number of hydrogen-bond donors (Lipinski definition) is 3. The minimum Gasteiger partial charge on any atom is -0.394 e. The molecule has 3 aliphatic rings. The predicted octanol–water partition coefficient (Wildman–Crippen LogP) is -0.821. The summed E-state index contributed by atoms with van der Waals surface area (Å²) in [7, 11) is 0. The van der Waals surface area contributed by atoms with E-state index in [0.717, 1.165) is 32.0 Å². The van der Waals surface area contributed by atoms with Crippen LogP contribution in [0.5, 0.6) is 0 Å². The van der Waals surface area contributed by atoms with Crippen LogP contribution in [0.1, 0.15) is 13.8 Å². The maximum atomic E-state index is 10.6. The standard InChI is InChI=1S/C21H33N3O7/c1-21(2)30-19-18(17(15(27)12-25)29-20(19)31-21)28-13-14(26)11-23-7-9-24(10-8-23)16-5-3-4-6-22-16/h3-6,14-15,17-20,25-27H,7-13H2,1-2H3/t14-,15+,17+,18+,19+,20+/m0/s1. The number of fused-ring (bicyclic) bond motifs is 1. The summed E-state index contributed by atoms with van der Waals surface area (Å²) in [5, 5.41) is 30.0. The van der Waals surface area contributed by atoms with Crippen molar-refractivity contribution in [3.63, 3.8) is 0 Å². The van der Waals surface area contributed by atoms with E-state index >= 15 is 0 Å². The second kappa shape index (κ2) is 9.63. The van der Waals surface area contributed by atoms with Crippen LogP contribution in [0.2, 0.25) is 0 Å². The van der Waals surface area contributed by atoms with Crippen molar-refractivity contribution in [2.75, 3.05) is 50.8 Å². The van der Waals surface area contributed by atoms with Crippen LogP contribution in [0.3, 0.4) is 0 Å². The van der Waals surface area contributed by atoms with Crippen molar-refractivity contribution in [3.05, 3.63) is 24.4 Å². The van der Waals surface area contributed by atoms with E-state index < -0.39 is 49.2 Å². The molecule has 0 spiro atoms. The summed E-state index contributed by atoms with van der Waals surface area (Å²) in [5.74, 6) is 0.148. The van der Waals surface area contributed by atoms with Gasteiger partial charge in [-0.2, -0.15) is 0 Å². The molecule has 0 aromatic carbocycles. The number of piperazine rings is 1. The molecule has 3 fully saturated rings. The Hall–Kier alpha value is -1.37. The first-order valence-corrected chi connectivity index (χ1v) is 10.8. The molecule has 0 amide bonds. The van der Waals surface area contributed by atoms with Gasteiger partial charge in [-0.25, -0.2) is 4.98 Å². The molecule has 3 aliphatic heterocycles. The highest BCUT2D eigenvalue weighted by Crippen LogP contribution is 2.39. The van der Waals surface area contributed by atoms with Crippen LogP contribution < -0.4 is 4.90 Å². The third-order valence-electron chi connectivity index (χ3n) is 5.89. The van der Waals surface area contributed by atoms with Crippen molar-refractivity contribution in [2.24, 2.45) is 0 Å². The second-order valence-corrected chi connectivity index (χ2v) is 8.75. The maximum absolute atomic E-state index is 10.6. The van der Waals surface area contributed by atoms with Gasteiger partial charge in [-0.1, -0.05) is 6.07 Å². The number of β-amino-alcohol motifs (C(OH)–C–C–N with tert-alkyl or cyclic N) is 1. The van der Waals surface area contributed by atoms with Crippen LogP contribution >= 0.6 is 0 Å². The van der Waals surface area contributed by atoms with Gasteiger partial charge in [-0.05, 0) is 26.0 Å². The lowest BCUT2D eigenvalue weighted by molar-refractivity contribution is -0.232. The Morgan fingerprint density at radius 1 is 1.19 bits per heavy atom. The zero-order chi connectivity index (χ0) is 22.0. The number of aliphatic hydroxyl groups is 3. The Morgan fingerprint density at radius 3 is 2.65 bits per heavy atom. The topological polar surface area (TPSA) is 117 Å². The molecule has 3 N–H and O–H groups in total. The fourth-order valence-electron chi connectivity index (χ4n) is 4.38. The van der Waals surface area contributed by atoms with Gasteiger partial charge >= 0.3 is 0 Å². The minimum atomic E-state index is -1.12. The molecule has 1 aromatic heterocycles. The van der Waals surface area contributed by atoms with Gasteiger partial charge < -0.3 is 39.2 Å². The van der Waals surface area contributed by atoms with Gasteiger partial charge in [0, 0.05) is 38.9 Å². The Morgan fingerprint density at radius 2 is 1.97 bits per heavy atom. The number of ether oxygens (including phenoxy) is 4. The smallest absolute Gasteiger partial charge is 0.190 e. The van der Waals surface area contributed by atoms with E-state index in [2.05, 4.69) is 14.8 Å². The average Bonchev–Trinajstić information content (AvgIpc) is 3.24. The maximum Gasteiger partial charge on any atom is 0.190 e. The number of anilines is 1. The zero-order valence-corrected chi connectivity index (χ0v) is 18.0. The second-order valence-electron chi connectivity index (χ2n) is 8.75. The molecule has 1 aromatic rings. The lowest BCUT2D eigenvalue weighted by atomic mass is 10.1. The van der Waals surface area contributed by atoms with Gasteiger partial charge in [-0.3, -0.25) is 4.90 Å². The van der Waals surface area contributed by atoms with Gasteiger partial charge in [0.2, 0.25) is 0 Å². The van der Waals surface area contributed by atoms with Crippen LogP contribution in [0.15, 0.2) is 24.4 Å². The van der Waals surface area contributed by atoms with E-state index in [1.54, 1.807) is 20.0 Å². The molecule has 0 saturated carbocycles. The molecule has 0 radical (unpaired) electrons. The molecule has 4 heterocycles. The number of aliphatic hydroxyl groups excluding tert-OH is 3. The van der Waals surface area contributed by atoms with Crippen LogP contribution in [-0.4, -0.2) is 114 Å². The summed E-state index contributed by atoms with van der Waals surface area (Å²) < 4.78 is 23.3. The predicted molar refractivity (Wildman–Crippen MR) is 110 cm³/mol. The van der Waals surface area contributed by atoms with Crippen molar-refractivity contribution in [2.45, 2.75) is 56.4 Å². The first-order chi connectivity index (χ1) is 14.9. The van der Waals surface area contributed by atoms with E-state index in [4.69, 9.17) is 18.9 Å². The zero-order valence-electron chi connectivity index (χ0n) is 18.0. The van der Waals surface area contributed by atoms with Crippen LogP contribution in [0.4, 0.5) is 5.82 Å².